The summed E-state index contributed by atoms with van der Waals surface area (Å²) in [7, 11) is 0. The first-order valence-electron chi connectivity index (χ1n) is 12.1. The van der Waals surface area contributed by atoms with Crippen LogP contribution in [0.4, 0.5) is 4.39 Å². The van der Waals surface area contributed by atoms with Gasteiger partial charge in [0.15, 0.2) is 5.54 Å². The summed E-state index contributed by atoms with van der Waals surface area (Å²) in [5.74, 6) is 0.480. The van der Waals surface area contributed by atoms with E-state index in [0.717, 1.165) is 22.3 Å². The Balaban J connectivity index is 1.70. The van der Waals surface area contributed by atoms with Crippen molar-refractivity contribution in [1.29, 1.82) is 0 Å². The molecule has 2 aromatic rings. The lowest BCUT2D eigenvalue weighted by atomic mass is 9.56. The number of aromatic nitrogens is 2. The van der Waals surface area contributed by atoms with E-state index in [1.807, 2.05) is 13.0 Å². The zero-order valence-corrected chi connectivity index (χ0v) is 20.5. The summed E-state index contributed by atoms with van der Waals surface area (Å²) in [4.78, 5) is 29.3. The lowest BCUT2D eigenvalue weighted by Crippen LogP contribution is -2.55. The van der Waals surface area contributed by atoms with Crippen LogP contribution >= 0.6 is 0 Å². The summed E-state index contributed by atoms with van der Waals surface area (Å²) in [6, 6.07) is 6.20. The number of hydrogen-bond donors (Lipinski definition) is 1. The summed E-state index contributed by atoms with van der Waals surface area (Å²) in [5, 5.41) is 10.8. The molecule has 7 heteroatoms. The van der Waals surface area contributed by atoms with E-state index in [-0.39, 0.29) is 24.3 Å². The van der Waals surface area contributed by atoms with Crippen molar-refractivity contribution in [1.82, 2.24) is 14.9 Å². The van der Waals surface area contributed by atoms with E-state index in [9.17, 15) is 14.3 Å². The fraction of sp³-hybridized carbons (Fsp3) is 0.556. The number of amides is 1. The molecule has 0 radical (unpaired) electrons. The van der Waals surface area contributed by atoms with E-state index in [1.165, 1.54) is 25.1 Å². The third-order valence-corrected chi connectivity index (χ3v) is 8.09. The Kier molecular flexibility index (Phi) is 5.21. The van der Waals surface area contributed by atoms with Gasteiger partial charge in [0.25, 0.3) is 5.91 Å². The third-order valence-electron chi connectivity index (χ3n) is 8.09. The van der Waals surface area contributed by atoms with Crippen molar-refractivity contribution in [3.63, 3.8) is 0 Å². The number of rotatable bonds is 3. The highest BCUT2D eigenvalue weighted by Crippen LogP contribution is 2.63. The van der Waals surface area contributed by atoms with Gasteiger partial charge in [0.1, 0.15) is 17.8 Å². The van der Waals surface area contributed by atoms with Gasteiger partial charge in [-0.1, -0.05) is 26.0 Å². The zero-order chi connectivity index (χ0) is 24.5. The van der Waals surface area contributed by atoms with Gasteiger partial charge in [-0.25, -0.2) is 14.4 Å². The van der Waals surface area contributed by atoms with E-state index in [4.69, 9.17) is 4.99 Å². The number of carbonyl (C=O) groups is 1. The van der Waals surface area contributed by atoms with Gasteiger partial charge in [-0.05, 0) is 74.6 Å². The molecule has 34 heavy (non-hydrogen) atoms. The molecule has 6 nitrogen and oxygen atoms in total. The van der Waals surface area contributed by atoms with Crippen molar-refractivity contribution < 1.29 is 14.3 Å². The highest BCUT2D eigenvalue weighted by Gasteiger charge is 2.68. The predicted molar refractivity (Wildman–Crippen MR) is 129 cm³/mol. The second-order valence-electron chi connectivity index (χ2n) is 11.3. The Hall–Kier alpha value is -2.67. The standard InChI is InChI=1S/C27H33FN4O2/c1-16-9-26(10-17(2)23(16)33)11-20-7-6-19(21-12-29-15-30-13-21)8-22(20)27(26)24(34)32(18(3)31-27)14-25(4,5)28/h6-8,12-13,15-17,23,33H,9-11,14H2,1-5H3/t16-,17+,23?,26?,27-/m1/s1. The first-order valence-corrected chi connectivity index (χ1v) is 12.1. The van der Waals surface area contributed by atoms with Crippen LogP contribution in [0.3, 0.4) is 0 Å². The Morgan fingerprint density at radius 2 is 1.79 bits per heavy atom. The van der Waals surface area contributed by atoms with Crippen LogP contribution < -0.4 is 0 Å². The summed E-state index contributed by atoms with van der Waals surface area (Å²) < 4.78 is 14.8. The normalized spacial score (nSPS) is 33.0. The smallest absolute Gasteiger partial charge is 0.261 e. The van der Waals surface area contributed by atoms with Crippen LogP contribution in [0.5, 0.6) is 0 Å². The average molecular weight is 465 g/mol. The molecule has 1 amide bonds. The first kappa shape index (κ1) is 23.1. The van der Waals surface area contributed by atoms with Crippen LogP contribution in [0.1, 0.15) is 58.6 Å². The van der Waals surface area contributed by atoms with E-state index in [1.54, 1.807) is 12.4 Å². The molecule has 1 aromatic heterocycles. The number of aliphatic imine (C=N–C) groups is 1. The fourth-order valence-electron chi connectivity index (χ4n) is 6.81. The average Bonchev–Trinajstić information content (AvgIpc) is 3.18. The minimum Gasteiger partial charge on any atom is -0.393 e. The van der Waals surface area contributed by atoms with Gasteiger partial charge in [0.2, 0.25) is 0 Å². The van der Waals surface area contributed by atoms with Crippen molar-refractivity contribution in [3.05, 3.63) is 48.0 Å². The molecule has 5 atom stereocenters. The minimum atomic E-state index is -1.54. The highest BCUT2D eigenvalue weighted by molar-refractivity contribution is 6.09. The zero-order valence-electron chi connectivity index (χ0n) is 20.5. The molecule has 1 fully saturated rings. The summed E-state index contributed by atoms with van der Waals surface area (Å²) in [5.41, 5.74) is 0.668. The molecule has 180 valence electrons. The largest absolute Gasteiger partial charge is 0.393 e. The first-order chi connectivity index (χ1) is 16.0. The molecule has 2 aliphatic carbocycles. The second-order valence-corrected chi connectivity index (χ2v) is 11.3. The molecule has 3 aliphatic rings. The number of halogens is 1. The molecule has 2 heterocycles. The van der Waals surface area contributed by atoms with Crippen LogP contribution in [0.25, 0.3) is 11.1 Å². The van der Waals surface area contributed by atoms with Crippen LogP contribution in [0.15, 0.2) is 41.9 Å². The van der Waals surface area contributed by atoms with E-state index in [0.29, 0.717) is 25.1 Å². The van der Waals surface area contributed by atoms with Crippen LogP contribution in [-0.2, 0) is 16.8 Å². The molecule has 0 saturated heterocycles. The molecule has 1 aliphatic heterocycles. The molecule has 2 unspecified atom stereocenters. The number of carbonyl (C=O) groups excluding carboxylic acids is 1. The minimum absolute atomic E-state index is 0.0335. The quantitative estimate of drug-likeness (QED) is 0.734. The Labute approximate surface area is 200 Å². The molecule has 0 bridgehead atoms. The van der Waals surface area contributed by atoms with Gasteiger partial charge >= 0.3 is 0 Å². The monoisotopic (exact) mass is 464 g/mol. The molecule has 2 spiro atoms. The van der Waals surface area contributed by atoms with Crippen molar-refractivity contribution in [2.75, 3.05) is 6.54 Å². The van der Waals surface area contributed by atoms with Crippen LogP contribution in [-0.4, -0.2) is 50.0 Å². The molecular formula is C27H33FN4O2. The Morgan fingerprint density at radius 3 is 2.41 bits per heavy atom. The number of hydrogen-bond acceptors (Lipinski definition) is 5. The number of amidine groups is 1. The van der Waals surface area contributed by atoms with Crippen LogP contribution in [0.2, 0.25) is 0 Å². The van der Waals surface area contributed by atoms with E-state index < -0.39 is 22.7 Å². The highest BCUT2D eigenvalue weighted by atomic mass is 19.1. The topological polar surface area (TPSA) is 78.7 Å². The molecule has 5 rings (SSSR count). The number of aliphatic hydroxyl groups is 1. The van der Waals surface area contributed by atoms with Gasteiger partial charge in [-0.3, -0.25) is 14.7 Å². The maximum Gasteiger partial charge on any atom is 0.261 e. The van der Waals surface area contributed by atoms with Crippen molar-refractivity contribution >= 4 is 11.7 Å². The van der Waals surface area contributed by atoms with Crippen LogP contribution in [0, 0.1) is 17.3 Å². The Morgan fingerprint density at radius 1 is 1.15 bits per heavy atom. The van der Waals surface area contributed by atoms with Gasteiger partial charge in [0, 0.05) is 23.4 Å². The van der Waals surface area contributed by atoms with Gasteiger partial charge < -0.3 is 5.11 Å². The van der Waals surface area contributed by atoms with Gasteiger partial charge in [-0.2, -0.15) is 0 Å². The molecule has 1 aromatic carbocycles. The van der Waals surface area contributed by atoms with E-state index >= 15 is 0 Å². The maximum atomic E-state index is 14.8. The number of fused-ring (bicyclic) bond motifs is 3. The lowest BCUT2D eigenvalue weighted by Gasteiger charge is -2.49. The van der Waals surface area contributed by atoms with E-state index in [2.05, 4.69) is 35.9 Å². The SMILES string of the molecule is CC1=N[C@@]2(C(=O)N1CC(C)(C)F)c1cc(-c3cncnc3)ccc1CC21C[C@@H](C)C(O)[C@@H](C)C1. The summed E-state index contributed by atoms with van der Waals surface area (Å²) in [6.45, 7) is 8.88. The van der Waals surface area contributed by atoms with Crippen molar-refractivity contribution in [2.24, 2.45) is 22.2 Å². The lowest BCUT2D eigenvalue weighted by molar-refractivity contribution is -0.142. The number of aliphatic hydroxyl groups excluding tert-OH is 1. The van der Waals surface area contributed by atoms with Crippen molar-refractivity contribution in [3.8, 4) is 11.1 Å². The fourth-order valence-corrected chi connectivity index (χ4v) is 6.81. The number of alkyl halides is 1. The second kappa shape index (κ2) is 7.67. The molecular weight excluding hydrogens is 431 g/mol. The van der Waals surface area contributed by atoms with Gasteiger partial charge in [-0.15, -0.1) is 0 Å². The summed E-state index contributed by atoms with van der Waals surface area (Å²) >= 11 is 0. The summed E-state index contributed by atoms with van der Waals surface area (Å²) in [6.07, 6.45) is 6.69. The van der Waals surface area contributed by atoms with Gasteiger partial charge in [0.05, 0.1) is 12.6 Å². The van der Waals surface area contributed by atoms with Crippen molar-refractivity contribution in [2.45, 2.75) is 71.2 Å². The third kappa shape index (κ3) is 3.31. The Bertz CT molecular complexity index is 1150. The number of nitrogens with zero attached hydrogens (tertiary/aromatic N) is 4. The predicted octanol–water partition coefficient (Wildman–Crippen LogP) is 4.32. The molecule has 1 N–H and O–H groups in total. The molecule has 1 saturated carbocycles. The maximum absolute atomic E-state index is 14.8. The number of benzene rings is 1.